The molecule has 1 aliphatic heterocycles. The molecule has 1 saturated heterocycles. The van der Waals surface area contributed by atoms with E-state index in [9.17, 15) is 0 Å². The summed E-state index contributed by atoms with van der Waals surface area (Å²) in [7, 11) is 3.98. The molecular weight excluding hydrogens is 328 g/mol. The lowest BCUT2D eigenvalue weighted by Crippen LogP contribution is -2.21. The maximum Gasteiger partial charge on any atom is 0.153 e. The van der Waals surface area contributed by atoms with Gasteiger partial charge in [0.15, 0.2) is 5.82 Å². The molecule has 0 spiro atoms. The van der Waals surface area contributed by atoms with Crippen LogP contribution in [0.1, 0.15) is 12.1 Å². The Morgan fingerprint density at radius 2 is 2.00 bits per heavy atom. The summed E-state index contributed by atoms with van der Waals surface area (Å²) in [6.45, 7) is 1.93. The van der Waals surface area contributed by atoms with Crippen molar-refractivity contribution in [3.63, 3.8) is 0 Å². The second-order valence-electron chi connectivity index (χ2n) is 6.86. The number of nitrogens with two attached hydrogens (primary N) is 1. The summed E-state index contributed by atoms with van der Waals surface area (Å²) in [6.07, 6.45) is 5.17. The van der Waals surface area contributed by atoms with Crippen LogP contribution in [0.25, 0.3) is 11.0 Å². The van der Waals surface area contributed by atoms with Crippen LogP contribution >= 0.6 is 0 Å². The molecule has 1 fully saturated rings. The molecule has 0 radical (unpaired) electrons. The van der Waals surface area contributed by atoms with E-state index in [0.29, 0.717) is 17.3 Å². The van der Waals surface area contributed by atoms with Gasteiger partial charge in [0.05, 0.1) is 5.52 Å². The molecule has 4 heterocycles. The minimum Gasteiger partial charge on any atom is -0.382 e. The van der Waals surface area contributed by atoms with Gasteiger partial charge in [-0.1, -0.05) is 0 Å². The molecular formula is C18H22N8. The summed E-state index contributed by atoms with van der Waals surface area (Å²) < 4.78 is 0. The summed E-state index contributed by atoms with van der Waals surface area (Å²) in [5.74, 6) is 2.83. The number of nitrogens with zero attached hydrogens (tertiary/aromatic N) is 7. The normalized spacial score (nSPS) is 17.0. The van der Waals surface area contributed by atoms with Crippen LogP contribution in [-0.4, -0.2) is 52.1 Å². The van der Waals surface area contributed by atoms with E-state index in [4.69, 9.17) is 5.73 Å². The number of hydrogen-bond donors (Lipinski definition) is 1. The average Bonchev–Trinajstić information content (AvgIpc) is 3.10. The molecule has 0 aliphatic carbocycles. The van der Waals surface area contributed by atoms with Crippen molar-refractivity contribution in [2.45, 2.75) is 12.8 Å². The van der Waals surface area contributed by atoms with Crippen molar-refractivity contribution in [3.05, 3.63) is 36.5 Å². The Morgan fingerprint density at radius 1 is 1.15 bits per heavy atom. The van der Waals surface area contributed by atoms with Gasteiger partial charge in [-0.3, -0.25) is 0 Å². The van der Waals surface area contributed by atoms with E-state index < -0.39 is 0 Å². The Balaban J connectivity index is 1.48. The molecule has 2 N–H and O–H groups in total. The Bertz CT molecular complexity index is 926. The molecule has 0 aromatic carbocycles. The second kappa shape index (κ2) is 6.70. The molecule has 3 aromatic heterocycles. The van der Waals surface area contributed by atoms with Crippen LogP contribution in [-0.2, 0) is 6.42 Å². The largest absolute Gasteiger partial charge is 0.382 e. The van der Waals surface area contributed by atoms with E-state index in [2.05, 4.69) is 35.9 Å². The standard InChI is InChI=1S/C18H22N8/c1-25(2)16-8-13(20-10-22-16)7-12-5-6-26(9-12)15-4-3-14-17(24-15)18(19)23-11-21-14/h3-4,8,10-12H,5-7,9H2,1-2H3,(H2,19,21,23). The first-order valence-electron chi connectivity index (χ1n) is 8.70. The van der Waals surface area contributed by atoms with Crippen molar-refractivity contribution in [1.29, 1.82) is 0 Å². The summed E-state index contributed by atoms with van der Waals surface area (Å²) in [4.78, 5) is 25.9. The van der Waals surface area contributed by atoms with Crippen molar-refractivity contribution < 1.29 is 0 Å². The van der Waals surface area contributed by atoms with E-state index in [0.717, 1.165) is 48.8 Å². The van der Waals surface area contributed by atoms with Gasteiger partial charge in [-0.05, 0) is 30.9 Å². The number of hydrogen-bond acceptors (Lipinski definition) is 8. The fraction of sp³-hybridized carbons (Fsp3) is 0.389. The number of anilines is 3. The van der Waals surface area contributed by atoms with Gasteiger partial charge in [-0.15, -0.1) is 0 Å². The number of nitrogen functional groups attached to an aromatic ring is 1. The highest BCUT2D eigenvalue weighted by molar-refractivity contribution is 5.84. The van der Waals surface area contributed by atoms with Crippen molar-refractivity contribution in [2.24, 2.45) is 5.92 Å². The van der Waals surface area contributed by atoms with Gasteiger partial charge in [0.25, 0.3) is 0 Å². The molecule has 8 nitrogen and oxygen atoms in total. The first-order chi connectivity index (χ1) is 12.6. The van der Waals surface area contributed by atoms with Gasteiger partial charge in [0.2, 0.25) is 0 Å². The fourth-order valence-corrected chi connectivity index (χ4v) is 3.37. The molecule has 0 amide bonds. The Hall–Kier alpha value is -3.03. The van der Waals surface area contributed by atoms with Crippen molar-refractivity contribution in [1.82, 2.24) is 24.9 Å². The molecule has 4 rings (SSSR count). The van der Waals surface area contributed by atoms with E-state index in [1.54, 1.807) is 6.33 Å². The predicted molar refractivity (Wildman–Crippen MR) is 102 cm³/mol. The maximum absolute atomic E-state index is 5.94. The monoisotopic (exact) mass is 350 g/mol. The molecule has 1 unspecified atom stereocenters. The van der Waals surface area contributed by atoms with Crippen LogP contribution in [0.2, 0.25) is 0 Å². The number of pyridine rings is 1. The summed E-state index contributed by atoms with van der Waals surface area (Å²) >= 11 is 0. The van der Waals surface area contributed by atoms with E-state index in [1.807, 2.05) is 31.1 Å². The van der Waals surface area contributed by atoms with Crippen LogP contribution in [0.4, 0.5) is 17.5 Å². The van der Waals surface area contributed by atoms with Crippen LogP contribution in [0, 0.1) is 5.92 Å². The quantitative estimate of drug-likeness (QED) is 0.757. The third kappa shape index (κ3) is 3.22. The highest BCUT2D eigenvalue weighted by Crippen LogP contribution is 2.27. The van der Waals surface area contributed by atoms with Gasteiger partial charge in [-0.25, -0.2) is 24.9 Å². The van der Waals surface area contributed by atoms with E-state index >= 15 is 0 Å². The topological polar surface area (TPSA) is 97.0 Å². The lowest BCUT2D eigenvalue weighted by Gasteiger charge is -2.18. The molecule has 0 bridgehead atoms. The smallest absolute Gasteiger partial charge is 0.153 e. The fourth-order valence-electron chi connectivity index (χ4n) is 3.37. The lowest BCUT2D eigenvalue weighted by molar-refractivity contribution is 0.576. The van der Waals surface area contributed by atoms with Crippen LogP contribution in [0.3, 0.4) is 0 Å². The van der Waals surface area contributed by atoms with Crippen LogP contribution < -0.4 is 15.5 Å². The minimum atomic E-state index is 0.421. The first-order valence-corrected chi connectivity index (χ1v) is 8.70. The summed E-state index contributed by atoms with van der Waals surface area (Å²) in [5.41, 5.74) is 8.46. The molecule has 1 aliphatic rings. The van der Waals surface area contributed by atoms with Gasteiger partial charge in [0, 0.05) is 38.9 Å². The van der Waals surface area contributed by atoms with Gasteiger partial charge < -0.3 is 15.5 Å². The lowest BCUT2D eigenvalue weighted by atomic mass is 10.0. The predicted octanol–water partition coefficient (Wildman–Crippen LogP) is 1.53. The zero-order valence-corrected chi connectivity index (χ0v) is 15.0. The molecule has 26 heavy (non-hydrogen) atoms. The average molecular weight is 350 g/mol. The van der Waals surface area contributed by atoms with E-state index in [-0.39, 0.29) is 0 Å². The summed E-state index contributed by atoms with van der Waals surface area (Å²) in [6, 6.07) is 6.03. The van der Waals surface area contributed by atoms with Crippen molar-refractivity contribution in [3.8, 4) is 0 Å². The first kappa shape index (κ1) is 16.4. The Kier molecular flexibility index (Phi) is 4.24. The van der Waals surface area contributed by atoms with Crippen LogP contribution in [0.5, 0.6) is 0 Å². The van der Waals surface area contributed by atoms with Crippen molar-refractivity contribution in [2.75, 3.05) is 42.7 Å². The molecule has 8 heteroatoms. The van der Waals surface area contributed by atoms with Crippen molar-refractivity contribution >= 4 is 28.5 Å². The maximum atomic E-state index is 5.94. The number of aromatic nitrogens is 5. The SMILES string of the molecule is CN(C)c1cc(CC2CCN(c3ccc4ncnc(N)c4n3)C2)ncn1. The molecule has 0 saturated carbocycles. The number of fused-ring (bicyclic) bond motifs is 1. The van der Waals surface area contributed by atoms with Crippen LogP contribution in [0.15, 0.2) is 30.9 Å². The molecule has 1 atom stereocenters. The van der Waals surface area contributed by atoms with Gasteiger partial charge >= 0.3 is 0 Å². The zero-order valence-electron chi connectivity index (χ0n) is 15.0. The third-order valence-electron chi connectivity index (χ3n) is 4.77. The van der Waals surface area contributed by atoms with Gasteiger partial charge in [0.1, 0.15) is 29.8 Å². The molecule has 134 valence electrons. The third-order valence-corrected chi connectivity index (χ3v) is 4.77. The highest BCUT2D eigenvalue weighted by atomic mass is 15.2. The Morgan fingerprint density at radius 3 is 2.85 bits per heavy atom. The second-order valence-corrected chi connectivity index (χ2v) is 6.86. The molecule has 3 aromatic rings. The minimum absolute atomic E-state index is 0.421. The highest BCUT2D eigenvalue weighted by Gasteiger charge is 2.24. The van der Waals surface area contributed by atoms with Gasteiger partial charge in [-0.2, -0.15) is 0 Å². The summed E-state index contributed by atoms with van der Waals surface area (Å²) in [5, 5.41) is 0. The zero-order chi connectivity index (χ0) is 18.1. The number of rotatable bonds is 4. The van der Waals surface area contributed by atoms with E-state index in [1.165, 1.54) is 6.33 Å². The Labute approximate surface area is 152 Å².